The van der Waals surface area contributed by atoms with Crippen LogP contribution < -0.4 is 10.1 Å². The van der Waals surface area contributed by atoms with Crippen molar-refractivity contribution in [1.29, 1.82) is 0 Å². The standard InChI is InChI=1S/C18H26N4O2.ClH/c1-5-24-14-7-6-10-22-15(13(2)19-16(14)22)17(23)20-18(3)8-11-21(4)12-9-18;/h6-7,10H,5,8-9,11-12H2,1-4H3,(H,20,23);1H. The van der Waals surface area contributed by atoms with Gasteiger partial charge in [-0.1, -0.05) is 0 Å². The molecule has 0 radical (unpaired) electrons. The maximum atomic E-state index is 12.9. The summed E-state index contributed by atoms with van der Waals surface area (Å²) in [7, 11) is 2.12. The van der Waals surface area contributed by atoms with Crippen molar-refractivity contribution in [3.8, 4) is 5.75 Å². The van der Waals surface area contributed by atoms with Crippen LogP contribution in [0.1, 0.15) is 42.9 Å². The highest BCUT2D eigenvalue weighted by Crippen LogP contribution is 2.24. The zero-order chi connectivity index (χ0) is 17.3. The molecule has 0 aromatic carbocycles. The van der Waals surface area contributed by atoms with E-state index in [2.05, 4.69) is 29.2 Å². The molecule has 0 aliphatic carbocycles. The highest BCUT2D eigenvalue weighted by molar-refractivity contribution is 5.95. The van der Waals surface area contributed by atoms with Gasteiger partial charge in [0, 0.05) is 24.8 Å². The van der Waals surface area contributed by atoms with E-state index in [1.807, 2.05) is 36.6 Å². The fraction of sp³-hybridized carbons (Fsp3) is 0.556. The first-order valence-corrected chi connectivity index (χ1v) is 8.55. The van der Waals surface area contributed by atoms with E-state index in [1.54, 1.807) is 0 Å². The Balaban J connectivity index is 0.00000225. The molecule has 0 bridgehead atoms. The van der Waals surface area contributed by atoms with Gasteiger partial charge in [0.05, 0.1) is 12.3 Å². The summed E-state index contributed by atoms with van der Waals surface area (Å²) in [6.07, 6.45) is 3.77. The summed E-state index contributed by atoms with van der Waals surface area (Å²) in [6, 6.07) is 3.76. The molecule has 25 heavy (non-hydrogen) atoms. The van der Waals surface area contributed by atoms with Crippen LogP contribution in [-0.2, 0) is 0 Å². The molecular weight excluding hydrogens is 340 g/mol. The number of carbonyl (C=O) groups excluding carboxylic acids is 1. The number of likely N-dealkylation sites (tertiary alicyclic amines) is 1. The molecule has 1 fully saturated rings. The van der Waals surface area contributed by atoms with Gasteiger partial charge in [0.2, 0.25) is 0 Å². The Labute approximate surface area is 155 Å². The summed E-state index contributed by atoms with van der Waals surface area (Å²) in [5.41, 5.74) is 1.83. The normalized spacial score (nSPS) is 17.1. The summed E-state index contributed by atoms with van der Waals surface area (Å²) >= 11 is 0. The fourth-order valence-corrected chi connectivity index (χ4v) is 3.27. The van der Waals surface area contributed by atoms with Gasteiger partial charge in [0.25, 0.3) is 5.91 Å². The zero-order valence-electron chi connectivity index (χ0n) is 15.3. The van der Waals surface area contributed by atoms with Crippen molar-refractivity contribution < 1.29 is 9.53 Å². The highest BCUT2D eigenvalue weighted by atomic mass is 35.5. The second-order valence-corrected chi connectivity index (χ2v) is 6.86. The summed E-state index contributed by atoms with van der Waals surface area (Å²) in [5.74, 6) is 0.633. The Morgan fingerprint density at radius 3 is 2.72 bits per heavy atom. The van der Waals surface area contributed by atoms with Crippen LogP contribution in [0.15, 0.2) is 18.3 Å². The van der Waals surface area contributed by atoms with Gasteiger partial charge in [-0.15, -0.1) is 12.4 Å². The topological polar surface area (TPSA) is 58.9 Å². The molecule has 1 aliphatic rings. The second-order valence-electron chi connectivity index (χ2n) is 6.86. The minimum Gasteiger partial charge on any atom is -0.490 e. The highest BCUT2D eigenvalue weighted by Gasteiger charge is 2.32. The summed E-state index contributed by atoms with van der Waals surface area (Å²) < 4.78 is 7.46. The van der Waals surface area contributed by atoms with Crippen LogP contribution in [0, 0.1) is 6.92 Å². The van der Waals surface area contributed by atoms with Crippen LogP contribution in [0.4, 0.5) is 0 Å². The van der Waals surface area contributed by atoms with E-state index >= 15 is 0 Å². The molecule has 1 saturated heterocycles. The number of fused-ring (bicyclic) bond motifs is 1. The first-order valence-electron chi connectivity index (χ1n) is 8.55. The third-order valence-corrected chi connectivity index (χ3v) is 4.81. The molecule has 1 aliphatic heterocycles. The predicted octanol–water partition coefficient (Wildman–Crippen LogP) is 2.68. The molecule has 138 valence electrons. The van der Waals surface area contributed by atoms with Gasteiger partial charge in [-0.05, 0) is 52.8 Å². The van der Waals surface area contributed by atoms with Crippen molar-refractivity contribution in [2.75, 3.05) is 26.7 Å². The number of ether oxygens (including phenoxy) is 1. The lowest BCUT2D eigenvalue weighted by Gasteiger charge is -2.38. The van der Waals surface area contributed by atoms with E-state index < -0.39 is 0 Å². The van der Waals surface area contributed by atoms with Crippen molar-refractivity contribution >= 4 is 24.0 Å². The molecule has 1 amide bonds. The maximum Gasteiger partial charge on any atom is 0.270 e. The van der Waals surface area contributed by atoms with Crippen LogP contribution >= 0.6 is 12.4 Å². The van der Waals surface area contributed by atoms with E-state index in [1.165, 1.54) is 0 Å². The smallest absolute Gasteiger partial charge is 0.270 e. The number of halogens is 1. The molecule has 3 heterocycles. The van der Waals surface area contributed by atoms with Crippen LogP contribution in [0.5, 0.6) is 5.75 Å². The number of piperidine rings is 1. The Kier molecular flexibility index (Phi) is 5.95. The van der Waals surface area contributed by atoms with Crippen LogP contribution in [0.2, 0.25) is 0 Å². The Morgan fingerprint density at radius 2 is 2.08 bits per heavy atom. The molecule has 2 aromatic rings. The van der Waals surface area contributed by atoms with E-state index in [0.717, 1.165) is 31.6 Å². The molecule has 0 atom stereocenters. The average Bonchev–Trinajstić information content (AvgIpc) is 2.88. The predicted molar refractivity (Wildman–Crippen MR) is 101 cm³/mol. The number of hydrogen-bond acceptors (Lipinski definition) is 4. The first kappa shape index (κ1) is 19.5. The van der Waals surface area contributed by atoms with Crippen LogP contribution in [0.25, 0.3) is 5.65 Å². The molecular formula is C18H27ClN4O2. The molecule has 1 N–H and O–H groups in total. The maximum absolute atomic E-state index is 12.9. The first-order chi connectivity index (χ1) is 11.4. The monoisotopic (exact) mass is 366 g/mol. The molecule has 0 unspecified atom stereocenters. The number of aromatic nitrogens is 2. The number of carbonyl (C=O) groups is 1. The zero-order valence-corrected chi connectivity index (χ0v) is 16.2. The summed E-state index contributed by atoms with van der Waals surface area (Å²) in [6.45, 7) is 8.50. The van der Waals surface area contributed by atoms with Gasteiger partial charge in [-0.3, -0.25) is 9.20 Å². The van der Waals surface area contributed by atoms with Gasteiger partial charge >= 0.3 is 0 Å². The molecule has 2 aromatic heterocycles. The summed E-state index contributed by atoms with van der Waals surface area (Å²) in [4.78, 5) is 19.8. The van der Waals surface area contributed by atoms with E-state index in [-0.39, 0.29) is 23.9 Å². The number of imidazole rings is 1. The van der Waals surface area contributed by atoms with Crippen molar-refractivity contribution in [2.24, 2.45) is 0 Å². The van der Waals surface area contributed by atoms with E-state index in [0.29, 0.717) is 23.7 Å². The number of rotatable bonds is 4. The van der Waals surface area contributed by atoms with Gasteiger partial charge in [-0.25, -0.2) is 4.98 Å². The number of aryl methyl sites for hydroxylation is 1. The van der Waals surface area contributed by atoms with Crippen molar-refractivity contribution in [1.82, 2.24) is 19.6 Å². The van der Waals surface area contributed by atoms with Crippen LogP contribution in [-0.4, -0.2) is 52.5 Å². The second kappa shape index (κ2) is 7.62. The largest absolute Gasteiger partial charge is 0.490 e. The van der Waals surface area contributed by atoms with Gasteiger partial charge in [0.1, 0.15) is 5.69 Å². The lowest BCUT2D eigenvalue weighted by atomic mass is 9.89. The van der Waals surface area contributed by atoms with Gasteiger partial charge in [0.15, 0.2) is 11.4 Å². The number of nitrogens with zero attached hydrogens (tertiary/aromatic N) is 3. The summed E-state index contributed by atoms with van der Waals surface area (Å²) in [5, 5.41) is 3.24. The Morgan fingerprint density at radius 1 is 1.40 bits per heavy atom. The van der Waals surface area contributed by atoms with Gasteiger partial charge < -0.3 is 15.0 Å². The quantitative estimate of drug-likeness (QED) is 0.903. The molecule has 3 rings (SSSR count). The molecule has 0 saturated carbocycles. The number of pyridine rings is 1. The van der Waals surface area contributed by atoms with Crippen molar-refractivity contribution in [2.45, 2.75) is 39.2 Å². The van der Waals surface area contributed by atoms with Gasteiger partial charge in [-0.2, -0.15) is 0 Å². The SMILES string of the molecule is CCOc1cccn2c(C(=O)NC3(C)CCN(C)CC3)c(C)nc12.Cl. The molecule has 7 heteroatoms. The fourth-order valence-electron chi connectivity index (χ4n) is 3.27. The number of nitrogens with one attached hydrogen (secondary N) is 1. The lowest BCUT2D eigenvalue weighted by Crippen LogP contribution is -2.52. The number of amides is 1. The van der Waals surface area contributed by atoms with E-state index in [4.69, 9.17) is 4.74 Å². The third kappa shape index (κ3) is 3.90. The number of hydrogen-bond donors (Lipinski definition) is 1. The molecule has 6 nitrogen and oxygen atoms in total. The Bertz CT molecular complexity index is 751. The van der Waals surface area contributed by atoms with Crippen LogP contribution in [0.3, 0.4) is 0 Å². The van der Waals surface area contributed by atoms with E-state index in [9.17, 15) is 4.79 Å². The lowest BCUT2D eigenvalue weighted by molar-refractivity contribution is 0.0845. The minimum absolute atomic E-state index is 0. The van der Waals surface area contributed by atoms with Crippen molar-refractivity contribution in [3.05, 3.63) is 29.7 Å². The third-order valence-electron chi connectivity index (χ3n) is 4.81. The Hall–Kier alpha value is -1.79. The molecule has 0 spiro atoms. The average molecular weight is 367 g/mol. The minimum atomic E-state index is -0.169. The van der Waals surface area contributed by atoms with Crippen molar-refractivity contribution in [3.63, 3.8) is 0 Å².